The van der Waals surface area contributed by atoms with E-state index in [1.54, 1.807) is 19.2 Å². The van der Waals surface area contributed by atoms with Crippen LogP contribution in [0, 0.1) is 20.8 Å². The number of hydrogen-bond donors (Lipinski definition) is 4. The van der Waals surface area contributed by atoms with E-state index in [1.165, 1.54) is 0 Å². The van der Waals surface area contributed by atoms with E-state index in [2.05, 4.69) is 36.1 Å². The molecule has 140 valence electrons. The van der Waals surface area contributed by atoms with Crippen LogP contribution in [0.3, 0.4) is 0 Å². The van der Waals surface area contributed by atoms with Gasteiger partial charge in [-0.3, -0.25) is 5.10 Å². The molecule has 3 rings (SSSR count). The first kappa shape index (κ1) is 18.2. The van der Waals surface area contributed by atoms with Gasteiger partial charge in [0, 0.05) is 30.6 Å². The molecule has 0 fully saturated rings. The number of ether oxygens (including phenoxy) is 1. The Kier molecular flexibility index (Phi) is 5.20. The van der Waals surface area contributed by atoms with Gasteiger partial charge in [-0.25, -0.2) is 9.78 Å². The first-order chi connectivity index (χ1) is 12.9. The minimum Gasteiger partial charge on any atom is -0.424 e. The number of hydrogen-bond acceptors (Lipinski definition) is 6. The number of amides is 2. The fourth-order valence-corrected chi connectivity index (χ4v) is 2.41. The molecule has 0 unspecified atom stereocenters. The molecule has 0 aliphatic rings. The van der Waals surface area contributed by atoms with Gasteiger partial charge in [0.05, 0.1) is 5.69 Å². The smallest absolute Gasteiger partial charge is 0.324 e. The maximum atomic E-state index is 11.4. The van der Waals surface area contributed by atoms with E-state index < -0.39 is 0 Å². The fourth-order valence-electron chi connectivity index (χ4n) is 2.41. The summed E-state index contributed by atoms with van der Waals surface area (Å²) in [6.45, 7) is 5.64. The monoisotopic (exact) mass is 367 g/mol. The molecule has 1 aromatic carbocycles. The lowest BCUT2D eigenvalue weighted by Crippen LogP contribution is -2.24. The van der Waals surface area contributed by atoms with Gasteiger partial charge in [0.15, 0.2) is 0 Å². The molecule has 27 heavy (non-hydrogen) atoms. The van der Waals surface area contributed by atoms with Crippen molar-refractivity contribution < 1.29 is 9.53 Å². The average molecular weight is 367 g/mol. The Labute approximate surface area is 156 Å². The number of aromatic amines is 1. The number of anilines is 3. The average Bonchev–Trinajstić information content (AvgIpc) is 3.01. The van der Waals surface area contributed by atoms with Crippen molar-refractivity contribution in [2.75, 3.05) is 17.7 Å². The van der Waals surface area contributed by atoms with Crippen molar-refractivity contribution in [3.8, 4) is 11.8 Å². The van der Waals surface area contributed by atoms with Crippen LogP contribution in [0.1, 0.15) is 17.0 Å². The van der Waals surface area contributed by atoms with E-state index in [1.807, 2.05) is 39.0 Å². The zero-order valence-electron chi connectivity index (χ0n) is 15.5. The summed E-state index contributed by atoms with van der Waals surface area (Å²) >= 11 is 0. The highest BCUT2D eigenvalue weighted by atomic mass is 16.5. The second-order valence-electron chi connectivity index (χ2n) is 6.01. The predicted molar refractivity (Wildman–Crippen MR) is 103 cm³/mol. The van der Waals surface area contributed by atoms with E-state index in [4.69, 9.17) is 4.74 Å². The molecule has 2 aromatic heterocycles. The SMILES string of the molecule is CNC(=O)Nc1ccc(Oc2nc(C)cc(Nc3cc(C)n[nH]3)n2)c(C)c1. The zero-order chi connectivity index (χ0) is 19.4. The molecule has 0 spiro atoms. The summed E-state index contributed by atoms with van der Waals surface area (Å²) in [6.07, 6.45) is 0. The quantitative estimate of drug-likeness (QED) is 0.549. The minimum absolute atomic E-state index is 0.226. The second-order valence-corrected chi connectivity index (χ2v) is 6.01. The van der Waals surface area contributed by atoms with E-state index in [-0.39, 0.29) is 12.0 Å². The standard InChI is InChI=1S/C18H21N7O2/c1-10-7-13(21-17(26)19-4)5-6-14(10)27-18-20-11(2)8-15(23-18)22-16-9-12(3)24-25-16/h5-9H,1-4H3,(H2,19,21,26)(H2,20,22,23,24,25). The van der Waals surface area contributed by atoms with Crippen LogP contribution in [-0.4, -0.2) is 33.2 Å². The summed E-state index contributed by atoms with van der Waals surface area (Å²) in [5.74, 6) is 1.93. The number of rotatable bonds is 5. The fraction of sp³-hybridized carbons (Fsp3) is 0.222. The molecule has 2 amide bonds. The predicted octanol–water partition coefficient (Wildman–Crippen LogP) is 3.41. The van der Waals surface area contributed by atoms with Crippen molar-refractivity contribution in [1.82, 2.24) is 25.5 Å². The van der Waals surface area contributed by atoms with E-state index >= 15 is 0 Å². The summed E-state index contributed by atoms with van der Waals surface area (Å²) in [5, 5.41) is 15.3. The summed E-state index contributed by atoms with van der Waals surface area (Å²) in [6, 6.07) is 8.95. The van der Waals surface area contributed by atoms with Crippen LogP contribution in [0.2, 0.25) is 0 Å². The van der Waals surface area contributed by atoms with E-state index in [9.17, 15) is 4.79 Å². The molecule has 0 aliphatic heterocycles. The zero-order valence-corrected chi connectivity index (χ0v) is 15.5. The number of benzene rings is 1. The molecule has 9 heteroatoms. The minimum atomic E-state index is -0.283. The molecular formula is C18H21N7O2. The number of aromatic nitrogens is 4. The molecule has 0 saturated heterocycles. The van der Waals surface area contributed by atoms with Crippen molar-refractivity contribution in [3.05, 3.63) is 47.3 Å². The lowest BCUT2D eigenvalue weighted by Gasteiger charge is -2.11. The maximum Gasteiger partial charge on any atom is 0.324 e. The molecule has 3 aromatic rings. The maximum absolute atomic E-state index is 11.4. The summed E-state index contributed by atoms with van der Waals surface area (Å²) in [7, 11) is 1.56. The Bertz CT molecular complexity index is 968. The molecule has 0 bridgehead atoms. The van der Waals surface area contributed by atoms with Crippen LogP contribution < -0.4 is 20.7 Å². The third-order valence-electron chi connectivity index (χ3n) is 3.66. The molecular weight excluding hydrogens is 346 g/mol. The number of nitrogens with zero attached hydrogens (tertiary/aromatic N) is 3. The Balaban J connectivity index is 1.78. The molecule has 2 heterocycles. The molecule has 0 saturated carbocycles. The topological polar surface area (TPSA) is 117 Å². The van der Waals surface area contributed by atoms with Crippen LogP contribution in [0.25, 0.3) is 0 Å². The van der Waals surface area contributed by atoms with Gasteiger partial charge < -0.3 is 20.7 Å². The van der Waals surface area contributed by atoms with Gasteiger partial charge in [0.25, 0.3) is 0 Å². The molecule has 9 nitrogen and oxygen atoms in total. The van der Waals surface area contributed by atoms with Crippen molar-refractivity contribution in [2.45, 2.75) is 20.8 Å². The largest absolute Gasteiger partial charge is 0.424 e. The van der Waals surface area contributed by atoms with Gasteiger partial charge in [-0.15, -0.1) is 0 Å². The highest BCUT2D eigenvalue weighted by Gasteiger charge is 2.09. The summed E-state index contributed by atoms with van der Waals surface area (Å²) < 4.78 is 5.84. The van der Waals surface area contributed by atoms with Gasteiger partial charge in [0.1, 0.15) is 17.4 Å². The number of urea groups is 1. The van der Waals surface area contributed by atoms with Crippen LogP contribution in [0.15, 0.2) is 30.3 Å². The first-order valence-electron chi connectivity index (χ1n) is 8.35. The van der Waals surface area contributed by atoms with Crippen LogP contribution in [0.5, 0.6) is 11.8 Å². The number of H-pyrrole nitrogens is 1. The van der Waals surface area contributed by atoms with E-state index in [0.29, 0.717) is 17.3 Å². The van der Waals surface area contributed by atoms with Gasteiger partial charge in [0.2, 0.25) is 0 Å². The summed E-state index contributed by atoms with van der Waals surface area (Å²) in [5.41, 5.74) is 3.14. The number of carbonyl (C=O) groups excluding carboxylic acids is 1. The highest BCUT2D eigenvalue weighted by molar-refractivity contribution is 5.89. The molecule has 0 atom stereocenters. The third kappa shape index (κ3) is 4.72. The van der Waals surface area contributed by atoms with Crippen molar-refractivity contribution in [2.24, 2.45) is 0 Å². The Hall–Kier alpha value is -3.62. The molecule has 0 radical (unpaired) electrons. The lowest BCUT2D eigenvalue weighted by atomic mass is 10.2. The Morgan fingerprint density at radius 2 is 1.89 bits per heavy atom. The number of carbonyl (C=O) groups is 1. The normalized spacial score (nSPS) is 10.4. The Morgan fingerprint density at radius 3 is 2.56 bits per heavy atom. The second kappa shape index (κ2) is 7.73. The number of aryl methyl sites for hydroxylation is 3. The van der Waals surface area contributed by atoms with Gasteiger partial charge in [-0.05, 0) is 44.5 Å². The van der Waals surface area contributed by atoms with Crippen LogP contribution in [0.4, 0.5) is 22.1 Å². The summed E-state index contributed by atoms with van der Waals surface area (Å²) in [4.78, 5) is 20.1. The van der Waals surface area contributed by atoms with Crippen molar-refractivity contribution in [1.29, 1.82) is 0 Å². The van der Waals surface area contributed by atoms with Crippen LogP contribution in [-0.2, 0) is 0 Å². The van der Waals surface area contributed by atoms with Gasteiger partial charge in [-0.1, -0.05) is 0 Å². The molecule has 4 N–H and O–H groups in total. The third-order valence-corrected chi connectivity index (χ3v) is 3.66. The van der Waals surface area contributed by atoms with Gasteiger partial charge in [-0.2, -0.15) is 10.1 Å². The van der Waals surface area contributed by atoms with Crippen molar-refractivity contribution in [3.63, 3.8) is 0 Å². The first-order valence-corrected chi connectivity index (χ1v) is 8.35. The number of nitrogens with one attached hydrogen (secondary N) is 4. The molecule has 0 aliphatic carbocycles. The van der Waals surface area contributed by atoms with E-state index in [0.717, 1.165) is 22.8 Å². The van der Waals surface area contributed by atoms with Crippen LogP contribution >= 0.6 is 0 Å². The van der Waals surface area contributed by atoms with Crippen molar-refractivity contribution >= 4 is 23.4 Å². The highest BCUT2D eigenvalue weighted by Crippen LogP contribution is 2.27. The Morgan fingerprint density at radius 1 is 1.07 bits per heavy atom. The lowest BCUT2D eigenvalue weighted by molar-refractivity contribution is 0.254. The van der Waals surface area contributed by atoms with Gasteiger partial charge >= 0.3 is 12.0 Å².